The predicted octanol–water partition coefficient (Wildman–Crippen LogP) is 3.16. The van der Waals surface area contributed by atoms with Gasteiger partial charge in [0.05, 0.1) is 11.4 Å². The molecule has 0 bridgehead atoms. The van der Waals surface area contributed by atoms with E-state index in [1.807, 2.05) is 54.7 Å². The van der Waals surface area contributed by atoms with Crippen molar-refractivity contribution in [2.45, 2.75) is 6.42 Å². The van der Waals surface area contributed by atoms with Crippen molar-refractivity contribution >= 4 is 22.7 Å². The predicted molar refractivity (Wildman–Crippen MR) is 111 cm³/mol. The molecule has 2 aromatic carbocycles. The molecule has 144 valence electrons. The van der Waals surface area contributed by atoms with Gasteiger partial charge in [0, 0.05) is 36.8 Å². The third-order valence-corrected chi connectivity index (χ3v) is 5.40. The number of fused-ring (bicyclic) bond motifs is 1. The van der Waals surface area contributed by atoms with E-state index in [1.165, 1.54) is 5.56 Å². The third kappa shape index (κ3) is 3.45. The van der Waals surface area contributed by atoms with Crippen LogP contribution in [0.1, 0.15) is 20.7 Å². The maximum Gasteiger partial charge on any atom is 0.253 e. The van der Waals surface area contributed by atoms with Crippen LogP contribution in [0.4, 0.5) is 0 Å². The van der Waals surface area contributed by atoms with Crippen molar-refractivity contribution in [1.29, 1.82) is 0 Å². The van der Waals surface area contributed by atoms with Crippen LogP contribution in [-0.2, 0) is 6.42 Å². The summed E-state index contributed by atoms with van der Waals surface area (Å²) in [4.78, 5) is 29.5. The van der Waals surface area contributed by atoms with Crippen molar-refractivity contribution in [2.75, 3.05) is 33.7 Å². The van der Waals surface area contributed by atoms with Gasteiger partial charge < -0.3 is 9.80 Å². The van der Waals surface area contributed by atoms with Gasteiger partial charge in [0.2, 0.25) is 5.91 Å². The van der Waals surface area contributed by atoms with Crippen molar-refractivity contribution in [3.63, 3.8) is 0 Å². The minimum Gasteiger partial charge on any atom is -0.337 e. The number of hydrogen-bond donors (Lipinski definition) is 0. The van der Waals surface area contributed by atoms with Crippen molar-refractivity contribution in [3.05, 3.63) is 71.9 Å². The minimum atomic E-state index is -0.148. The second kappa shape index (κ2) is 7.60. The second-order valence-electron chi connectivity index (χ2n) is 7.71. The molecule has 4 rings (SSSR count). The first-order chi connectivity index (χ1) is 13.5. The fourth-order valence-electron chi connectivity index (χ4n) is 3.74. The van der Waals surface area contributed by atoms with Crippen LogP contribution in [0.2, 0.25) is 0 Å². The molecule has 0 spiro atoms. The van der Waals surface area contributed by atoms with Gasteiger partial charge in [0.15, 0.2) is 0 Å². The Bertz CT molecular complexity index is 1000. The highest BCUT2D eigenvalue weighted by atomic mass is 16.2. The highest BCUT2D eigenvalue weighted by Crippen LogP contribution is 2.26. The number of nitrogens with zero attached hydrogens (tertiary/aromatic N) is 3. The van der Waals surface area contributed by atoms with Crippen LogP contribution in [0.15, 0.2) is 60.8 Å². The van der Waals surface area contributed by atoms with Gasteiger partial charge in [-0.1, -0.05) is 36.4 Å². The molecule has 1 aliphatic heterocycles. The summed E-state index contributed by atoms with van der Waals surface area (Å²) in [7, 11) is 4.11. The van der Waals surface area contributed by atoms with Gasteiger partial charge in [-0.3, -0.25) is 14.2 Å². The van der Waals surface area contributed by atoms with Crippen LogP contribution < -0.4 is 0 Å². The number of rotatable bonds is 5. The third-order valence-electron chi connectivity index (χ3n) is 5.40. The lowest BCUT2D eigenvalue weighted by Crippen LogP contribution is -2.54. The topological polar surface area (TPSA) is 45.6 Å². The zero-order valence-electron chi connectivity index (χ0n) is 16.3. The molecule has 1 saturated heterocycles. The maximum atomic E-state index is 13.1. The lowest BCUT2D eigenvalue weighted by atomic mass is 9.97. The first-order valence-electron chi connectivity index (χ1n) is 9.67. The molecule has 1 aromatic heterocycles. The van der Waals surface area contributed by atoms with Crippen molar-refractivity contribution < 1.29 is 9.59 Å². The number of amides is 1. The minimum absolute atomic E-state index is 0.00585. The van der Waals surface area contributed by atoms with Gasteiger partial charge in [-0.2, -0.15) is 0 Å². The Balaban J connectivity index is 1.50. The van der Waals surface area contributed by atoms with Gasteiger partial charge in [-0.15, -0.1) is 0 Å². The molecule has 0 saturated carbocycles. The van der Waals surface area contributed by atoms with E-state index >= 15 is 0 Å². The quantitative estimate of drug-likeness (QED) is 0.688. The average molecular weight is 375 g/mol. The van der Waals surface area contributed by atoms with Gasteiger partial charge in [0.25, 0.3) is 5.91 Å². The summed E-state index contributed by atoms with van der Waals surface area (Å²) in [6.07, 6.45) is 2.88. The molecule has 0 N–H and O–H groups in total. The summed E-state index contributed by atoms with van der Waals surface area (Å²) in [6.45, 7) is 1.89. The SMILES string of the molecule is CN(C)CCc1cn(C(=O)C2CN(C(=O)c3ccccc3)C2)c2ccccc12. The van der Waals surface area contributed by atoms with Gasteiger partial charge in [-0.25, -0.2) is 0 Å². The smallest absolute Gasteiger partial charge is 0.253 e. The molecule has 5 heteroatoms. The zero-order valence-corrected chi connectivity index (χ0v) is 16.3. The highest BCUT2D eigenvalue weighted by Gasteiger charge is 2.37. The Morgan fingerprint density at radius 2 is 1.68 bits per heavy atom. The van der Waals surface area contributed by atoms with Crippen LogP contribution in [-0.4, -0.2) is 59.9 Å². The van der Waals surface area contributed by atoms with Gasteiger partial charge in [0.1, 0.15) is 0 Å². The lowest BCUT2D eigenvalue weighted by molar-refractivity contribution is 0.0425. The number of hydrogen-bond acceptors (Lipinski definition) is 3. The summed E-state index contributed by atoms with van der Waals surface area (Å²) in [5.74, 6) is -0.0803. The Labute approximate surface area is 165 Å². The summed E-state index contributed by atoms with van der Waals surface area (Å²) in [6, 6.07) is 17.3. The van der Waals surface area contributed by atoms with Crippen LogP contribution >= 0.6 is 0 Å². The fraction of sp³-hybridized carbons (Fsp3) is 0.304. The fourth-order valence-corrected chi connectivity index (χ4v) is 3.74. The summed E-state index contributed by atoms with van der Waals surface area (Å²) in [5.41, 5.74) is 2.81. The number of likely N-dealkylation sites (N-methyl/N-ethyl adjacent to an activating group) is 1. The molecule has 1 aliphatic rings. The molecule has 28 heavy (non-hydrogen) atoms. The Morgan fingerprint density at radius 3 is 2.39 bits per heavy atom. The van der Waals surface area contributed by atoms with Crippen molar-refractivity contribution in [2.24, 2.45) is 5.92 Å². The normalized spacial score (nSPS) is 14.5. The number of para-hydroxylation sites is 1. The van der Waals surface area contributed by atoms with E-state index in [9.17, 15) is 9.59 Å². The zero-order chi connectivity index (χ0) is 19.7. The largest absolute Gasteiger partial charge is 0.337 e. The maximum absolute atomic E-state index is 13.1. The van der Waals surface area contributed by atoms with E-state index in [0.717, 1.165) is 23.9 Å². The van der Waals surface area contributed by atoms with E-state index in [-0.39, 0.29) is 17.7 Å². The highest BCUT2D eigenvalue weighted by molar-refractivity contribution is 5.99. The number of carbonyl (C=O) groups excluding carboxylic acids is 2. The molecule has 1 amide bonds. The Kier molecular flexibility index (Phi) is 5.01. The molecule has 2 heterocycles. The average Bonchev–Trinajstić information content (AvgIpc) is 3.04. The number of benzene rings is 2. The molecule has 5 nitrogen and oxygen atoms in total. The lowest BCUT2D eigenvalue weighted by Gasteiger charge is -2.38. The van der Waals surface area contributed by atoms with Crippen LogP contribution in [0, 0.1) is 5.92 Å². The van der Waals surface area contributed by atoms with Crippen LogP contribution in [0.3, 0.4) is 0 Å². The number of likely N-dealkylation sites (tertiary alicyclic amines) is 1. The number of carbonyl (C=O) groups is 2. The van der Waals surface area contributed by atoms with E-state index < -0.39 is 0 Å². The molecular formula is C23H25N3O2. The summed E-state index contributed by atoms with van der Waals surface area (Å²) >= 11 is 0. The Hall–Kier alpha value is -2.92. The van der Waals surface area contributed by atoms with E-state index in [2.05, 4.69) is 25.1 Å². The van der Waals surface area contributed by atoms with Crippen LogP contribution in [0.5, 0.6) is 0 Å². The van der Waals surface area contributed by atoms with Crippen LogP contribution in [0.25, 0.3) is 10.9 Å². The van der Waals surface area contributed by atoms with E-state index in [4.69, 9.17) is 0 Å². The molecule has 0 atom stereocenters. The first-order valence-corrected chi connectivity index (χ1v) is 9.67. The molecule has 3 aromatic rings. The van der Waals surface area contributed by atoms with Gasteiger partial charge >= 0.3 is 0 Å². The summed E-state index contributed by atoms with van der Waals surface area (Å²) in [5, 5.41) is 1.13. The van der Waals surface area contributed by atoms with E-state index in [0.29, 0.717) is 18.7 Å². The summed E-state index contributed by atoms with van der Waals surface area (Å²) < 4.78 is 1.79. The van der Waals surface area contributed by atoms with Crippen molar-refractivity contribution in [3.8, 4) is 0 Å². The standard InChI is InChI=1S/C23H25N3O2/c1-24(2)13-12-18-16-26(21-11-7-6-10-20(18)21)23(28)19-14-25(15-19)22(27)17-8-4-3-5-9-17/h3-11,16,19H,12-15H2,1-2H3. The van der Waals surface area contributed by atoms with E-state index in [1.54, 1.807) is 9.47 Å². The molecule has 1 fully saturated rings. The Morgan fingerprint density at radius 1 is 1.00 bits per heavy atom. The molecule has 0 radical (unpaired) electrons. The number of aromatic nitrogens is 1. The second-order valence-corrected chi connectivity index (χ2v) is 7.71. The molecule has 0 unspecified atom stereocenters. The van der Waals surface area contributed by atoms with Crippen molar-refractivity contribution in [1.82, 2.24) is 14.4 Å². The molecule has 0 aliphatic carbocycles. The van der Waals surface area contributed by atoms with Gasteiger partial charge in [-0.05, 0) is 44.3 Å². The molecular weight excluding hydrogens is 350 g/mol. The first kappa shape index (κ1) is 18.4. The monoisotopic (exact) mass is 375 g/mol.